The molecule has 5 rings (SSSR count). The number of carbonyl (C=O) groups is 2. The fraction of sp³-hybridized carbons (Fsp3) is 0.323. The monoisotopic (exact) mass is 492 g/mol. The van der Waals surface area contributed by atoms with E-state index in [-0.39, 0.29) is 12.5 Å². The normalized spacial score (nSPS) is 17.6. The number of aldehydes is 1. The van der Waals surface area contributed by atoms with E-state index >= 15 is 0 Å². The third-order valence-electron chi connectivity index (χ3n) is 8.09. The number of hydrogen-bond acceptors (Lipinski definition) is 5. The quantitative estimate of drug-likeness (QED) is 0.441. The number of carbonyl (C=O) groups excluding carboxylic acids is 2. The van der Waals surface area contributed by atoms with Crippen molar-refractivity contribution in [2.75, 3.05) is 37.7 Å². The SMILES string of the molecule is N#CC(CCN1CCC2(CC1)C(=O)N(CC=O)CN2c1ccccc1)(c1ccccc1)c1ccccc1. The van der Waals surface area contributed by atoms with Gasteiger partial charge in [0.2, 0.25) is 5.91 Å². The molecule has 1 spiro atoms. The van der Waals surface area contributed by atoms with Crippen LogP contribution in [0.3, 0.4) is 0 Å². The van der Waals surface area contributed by atoms with Crippen LogP contribution in [0.4, 0.5) is 5.69 Å². The summed E-state index contributed by atoms with van der Waals surface area (Å²) in [4.78, 5) is 31.1. The van der Waals surface area contributed by atoms with Gasteiger partial charge in [-0.05, 0) is 42.5 Å². The summed E-state index contributed by atoms with van der Waals surface area (Å²) in [7, 11) is 0. The van der Waals surface area contributed by atoms with E-state index in [9.17, 15) is 14.9 Å². The van der Waals surface area contributed by atoms with Gasteiger partial charge in [0.15, 0.2) is 0 Å². The number of benzene rings is 3. The smallest absolute Gasteiger partial charge is 0.250 e. The van der Waals surface area contributed by atoms with Crippen molar-refractivity contribution in [1.82, 2.24) is 9.80 Å². The van der Waals surface area contributed by atoms with Gasteiger partial charge < -0.3 is 19.5 Å². The maximum Gasteiger partial charge on any atom is 0.250 e. The number of hydrogen-bond donors (Lipinski definition) is 0. The number of anilines is 1. The molecule has 37 heavy (non-hydrogen) atoms. The largest absolute Gasteiger partial charge is 0.339 e. The summed E-state index contributed by atoms with van der Waals surface area (Å²) >= 11 is 0. The van der Waals surface area contributed by atoms with Crippen molar-refractivity contribution in [3.05, 3.63) is 102 Å². The van der Waals surface area contributed by atoms with Crippen LogP contribution in [0.5, 0.6) is 0 Å². The Kier molecular flexibility index (Phi) is 7.07. The Hall–Kier alpha value is -3.95. The Balaban J connectivity index is 1.35. The second-order valence-corrected chi connectivity index (χ2v) is 9.97. The molecule has 2 fully saturated rings. The maximum atomic E-state index is 13.6. The van der Waals surface area contributed by atoms with Crippen LogP contribution in [0.25, 0.3) is 0 Å². The molecule has 0 aromatic heterocycles. The van der Waals surface area contributed by atoms with Gasteiger partial charge in [-0.3, -0.25) is 4.79 Å². The van der Waals surface area contributed by atoms with Crippen LogP contribution in [0, 0.1) is 11.3 Å². The average Bonchev–Trinajstić information content (AvgIpc) is 3.23. The van der Waals surface area contributed by atoms with Gasteiger partial charge in [-0.2, -0.15) is 5.26 Å². The number of nitriles is 1. The number of likely N-dealkylation sites (tertiary alicyclic amines) is 1. The first-order chi connectivity index (χ1) is 18.1. The van der Waals surface area contributed by atoms with Crippen molar-refractivity contribution in [3.8, 4) is 6.07 Å². The highest BCUT2D eigenvalue weighted by Crippen LogP contribution is 2.40. The fourth-order valence-corrected chi connectivity index (χ4v) is 5.99. The second-order valence-electron chi connectivity index (χ2n) is 9.97. The van der Waals surface area contributed by atoms with E-state index in [1.807, 2.05) is 91.0 Å². The van der Waals surface area contributed by atoms with Gasteiger partial charge >= 0.3 is 0 Å². The number of para-hydroxylation sites is 1. The van der Waals surface area contributed by atoms with Crippen LogP contribution in [0.2, 0.25) is 0 Å². The minimum atomic E-state index is -0.738. The van der Waals surface area contributed by atoms with E-state index in [0.717, 1.165) is 42.7 Å². The molecule has 1 amide bonds. The molecule has 2 aliphatic rings. The Labute approximate surface area is 218 Å². The summed E-state index contributed by atoms with van der Waals surface area (Å²) in [5.41, 5.74) is 1.64. The van der Waals surface area contributed by atoms with Crippen LogP contribution >= 0.6 is 0 Å². The molecule has 0 radical (unpaired) electrons. The third-order valence-corrected chi connectivity index (χ3v) is 8.09. The molecule has 3 aromatic rings. The first-order valence-corrected chi connectivity index (χ1v) is 12.9. The molecule has 6 heteroatoms. The van der Waals surface area contributed by atoms with Crippen molar-refractivity contribution < 1.29 is 9.59 Å². The molecular formula is C31H32N4O2. The van der Waals surface area contributed by atoms with Crippen LogP contribution in [0.15, 0.2) is 91.0 Å². The number of piperidine rings is 1. The lowest BCUT2D eigenvalue weighted by Crippen LogP contribution is -2.56. The Morgan fingerprint density at radius 3 is 1.92 bits per heavy atom. The molecule has 0 bridgehead atoms. The molecule has 0 N–H and O–H groups in total. The summed E-state index contributed by atoms with van der Waals surface area (Å²) in [5.74, 6) is 0.0445. The van der Waals surface area contributed by atoms with Gasteiger partial charge in [0, 0.05) is 25.3 Å². The highest BCUT2D eigenvalue weighted by Gasteiger charge is 2.53. The average molecular weight is 493 g/mol. The molecule has 0 atom stereocenters. The molecular weight excluding hydrogens is 460 g/mol. The fourth-order valence-electron chi connectivity index (χ4n) is 5.99. The summed E-state index contributed by atoms with van der Waals surface area (Å²) in [6, 6.07) is 32.8. The van der Waals surface area contributed by atoms with Crippen LogP contribution < -0.4 is 4.90 Å². The van der Waals surface area contributed by atoms with Crippen molar-refractivity contribution >= 4 is 17.9 Å². The Morgan fingerprint density at radius 2 is 1.41 bits per heavy atom. The van der Waals surface area contributed by atoms with E-state index in [4.69, 9.17) is 0 Å². The molecule has 3 aromatic carbocycles. The van der Waals surface area contributed by atoms with E-state index in [2.05, 4.69) is 15.9 Å². The van der Waals surface area contributed by atoms with Gasteiger partial charge in [0.25, 0.3) is 0 Å². The Morgan fingerprint density at radius 1 is 0.865 bits per heavy atom. The molecule has 6 nitrogen and oxygen atoms in total. The standard InChI is InChI=1S/C31H32N4O2/c32-24-30(26-10-4-1-5-11-26,27-12-6-2-7-13-27)16-19-33-20-17-31(18-21-33)29(37)34(22-23-36)25-35(31)28-14-8-3-9-15-28/h1-15,23H,16-22,25H2. The minimum absolute atomic E-state index is 0.0445. The van der Waals surface area contributed by atoms with E-state index in [1.165, 1.54) is 0 Å². The predicted octanol–water partition coefficient (Wildman–Crippen LogP) is 4.23. The van der Waals surface area contributed by atoms with Gasteiger partial charge in [-0.15, -0.1) is 0 Å². The molecule has 0 unspecified atom stereocenters. The van der Waals surface area contributed by atoms with Gasteiger partial charge in [0.1, 0.15) is 17.2 Å². The summed E-state index contributed by atoms with van der Waals surface area (Å²) in [6.45, 7) is 2.82. The first-order valence-electron chi connectivity index (χ1n) is 12.9. The maximum absolute atomic E-state index is 13.6. The summed E-state index contributed by atoms with van der Waals surface area (Å²) in [6.07, 6.45) is 2.85. The van der Waals surface area contributed by atoms with Crippen LogP contribution in [-0.2, 0) is 15.0 Å². The molecule has 188 valence electrons. The Bertz CT molecular complexity index is 1210. The zero-order valence-corrected chi connectivity index (χ0v) is 21.0. The van der Waals surface area contributed by atoms with Crippen molar-refractivity contribution in [2.24, 2.45) is 0 Å². The topological polar surface area (TPSA) is 67.6 Å². The van der Waals surface area contributed by atoms with Crippen molar-refractivity contribution in [3.63, 3.8) is 0 Å². The lowest BCUT2D eigenvalue weighted by molar-refractivity contribution is -0.135. The van der Waals surface area contributed by atoms with Gasteiger partial charge in [-0.1, -0.05) is 78.9 Å². The molecule has 2 saturated heterocycles. The molecule has 2 heterocycles. The number of amides is 1. The van der Waals surface area contributed by atoms with E-state index < -0.39 is 11.0 Å². The lowest BCUT2D eigenvalue weighted by atomic mass is 9.73. The molecule has 0 aliphatic carbocycles. The van der Waals surface area contributed by atoms with Crippen molar-refractivity contribution in [1.29, 1.82) is 5.26 Å². The zero-order valence-electron chi connectivity index (χ0n) is 21.0. The van der Waals surface area contributed by atoms with Crippen LogP contribution in [-0.4, -0.2) is 60.4 Å². The summed E-state index contributed by atoms with van der Waals surface area (Å²) in [5, 5.41) is 10.5. The van der Waals surface area contributed by atoms with E-state index in [1.54, 1.807) is 4.90 Å². The van der Waals surface area contributed by atoms with Gasteiger partial charge in [-0.25, -0.2) is 0 Å². The number of rotatable bonds is 8. The lowest BCUT2D eigenvalue weighted by Gasteiger charge is -2.44. The highest BCUT2D eigenvalue weighted by molar-refractivity contribution is 5.94. The zero-order chi connectivity index (χ0) is 25.7. The molecule has 2 aliphatic heterocycles. The van der Waals surface area contributed by atoms with Gasteiger partial charge in [0.05, 0.1) is 19.3 Å². The highest BCUT2D eigenvalue weighted by atomic mass is 16.2. The summed E-state index contributed by atoms with van der Waals surface area (Å²) < 4.78 is 0. The molecule has 0 saturated carbocycles. The predicted molar refractivity (Wildman–Crippen MR) is 144 cm³/mol. The second kappa shape index (κ2) is 10.6. The number of nitrogens with zero attached hydrogens (tertiary/aromatic N) is 4. The minimum Gasteiger partial charge on any atom is -0.339 e. The third kappa shape index (κ3) is 4.52. The van der Waals surface area contributed by atoms with E-state index in [0.29, 0.717) is 25.9 Å². The first kappa shape index (κ1) is 24.7. The van der Waals surface area contributed by atoms with Crippen LogP contribution in [0.1, 0.15) is 30.4 Å². The van der Waals surface area contributed by atoms with Crippen molar-refractivity contribution in [2.45, 2.75) is 30.2 Å².